The molecule has 0 spiro atoms. The van der Waals surface area contributed by atoms with E-state index < -0.39 is 29.7 Å². The van der Waals surface area contributed by atoms with E-state index >= 15 is 0 Å². The first kappa shape index (κ1) is 34.0. The van der Waals surface area contributed by atoms with Crippen LogP contribution in [-0.2, 0) is 9.53 Å². The number of nitrogens with zero attached hydrogens (tertiary/aromatic N) is 3. The largest absolute Gasteiger partial charge is 0.497 e. The number of hydrogen-bond acceptors (Lipinski definition) is 11. The molecule has 0 radical (unpaired) electrons. The second kappa shape index (κ2) is 13.6. The molecular weight excluding hydrogens is 704 g/mol. The summed E-state index contributed by atoms with van der Waals surface area (Å²) >= 11 is 0. The van der Waals surface area contributed by atoms with E-state index in [2.05, 4.69) is 5.32 Å². The first-order valence-electron chi connectivity index (χ1n) is 17.7. The summed E-state index contributed by atoms with van der Waals surface area (Å²) in [5, 5.41) is 8.15. The highest BCUT2D eigenvalue weighted by Crippen LogP contribution is 2.55. The Hall–Kier alpha value is -6.76. The lowest BCUT2D eigenvalue weighted by Crippen LogP contribution is -2.43. The van der Waals surface area contributed by atoms with Gasteiger partial charge in [-0.1, -0.05) is 30.3 Å². The molecule has 1 aliphatic carbocycles. The number of rotatable bonds is 9. The lowest BCUT2D eigenvalue weighted by Gasteiger charge is -2.39. The maximum absolute atomic E-state index is 14.6. The van der Waals surface area contributed by atoms with E-state index in [4.69, 9.17) is 43.2 Å². The Morgan fingerprint density at radius 3 is 2.16 bits per heavy atom. The molecule has 278 valence electrons. The van der Waals surface area contributed by atoms with Crippen molar-refractivity contribution in [3.8, 4) is 57.0 Å². The fourth-order valence-electron chi connectivity index (χ4n) is 8.05. The smallest absolute Gasteiger partial charge is 0.310 e. The minimum absolute atomic E-state index is 0.0490. The summed E-state index contributed by atoms with van der Waals surface area (Å²) in [7, 11) is 6.24. The van der Waals surface area contributed by atoms with Gasteiger partial charge in [-0.15, -0.1) is 0 Å². The number of hydrogen-bond donors (Lipinski definition) is 1. The van der Waals surface area contributed by atoms with Gasteiger partial charge in [0.2, 0.25) is 12.5 Å². The number of ether oxygens (including phenoxy) is 7. The summed E-state index contributed by atoms with van der Waals surface area (Å²) < 4.78 is 41.6. The van der Waals surface area contributed by atoms with Crippen LogP contribution in [0.2, 0.25) is 0 Å². The number of aromatic nitrogens is 3. The minimum atomic E-state index is -0.672. The van der Waals surface area contributed by atoms with E-state index in [1.165, 1.54) is 7.11 Å². The van der Waals surface area contributed by atoms with Crippen molar-refractivity contribution in [3.05, 3.63) is 113 Å². The number of amides is 1. The molecule has 0 unspecified atom stereocenters. The molecule has 9 rings (SSSR count). The van der Waals surface area contributed by atoms with Crippen LogP contribution in [0.1, 0.15) is 39.1 Å². The normalized spacial score (nSPS) is 19.3. The molecule has 4 atom stereocenters. The summed E-state index contributed by atoms with van der Waals surface area (Å²) in [4.78, 5) is 33.2. The monoisotopic (exact) mass is 740 g/mol. The second-order valence-electron chi connectivity index (χ2n) is 13.5. The number of cyclic esters (lactones) is 1. The van der Waals surface area contributed by atoms with E-state index in [1.54, 1.807) is 31.9 Å². The maximum Gasteiger partial charge on any atom is 0.310 e. The average molecular weight is 741 g/mol. The number of carbonyl (C=O) groups is 2. The first-order valence-corrected chi connectivity index (χ1v) is 17.7. The van der Waals surface area contributed by atoms with Gasteiger partial charge in [-0.05, 0) is 71.3 Å². The van der Waals surface area contributed by atoms with Gasteiger partial charge in [-0.25, -0.2) is 9.50 Å². The Morgan fingerprint density at radius 1 is 0.782 bits per heavy atom. The molecular formula is C42H36N4O9. The van der Waals surface area contributed by atoms with Crippen molar-refractivity contribution in [2.45, 2.75) is 12.0 Å². The maximum atomic E-state index is 14.6. The molecule has 1 amide bonds. The number of esters is 1. The van der Waals surface area contributed by atoms with Gasteiger partial charge in [0, 0.05) is 29.0 Å². The zero-order valence-corrected chi connectivity index (χ0v) is 30.4. The predicted molar refractivity (Wildman–Crippen MR) is 199 cm³/mol. The van der Waals surface area contributed by atoms with Crippen LogP contribution >= 0.6 is 0 Å². The van der Waals surface area contributed by atoms with Crippen molar-refractivity contribution in [1.82, 2.24) is 19.9 Å². The Labute approximate surface area is 315 Å². The second-order valence-corrected chi connectivity index (χ2v) is 13.5. The number of benzene rings is 4. The summed E-state index contributed by atoms with van der Waals surface area (Å²) in [6.07, 6.45) is 0. The molecule has 1 saturated heterocycles. The van der Waals surface area contributed by atoms with Gasteiger partial charge in [0.1, 0.15) is 11.4 Å². The molecule has 0 saturated carbocycles. The Morgan fingerprint density at radius 2 is 1.49 bits per heavy atom. The first-order chi connectivity index (χ1) is 26.9. The van der Waals surface area contributed by atoms with Crippen LogP contribution in [0.25, 0.3) is 28.2 Å². The van der Waals surface area contributed by atoms with E-state index in [-0.39, 0.29) is 25.1 Å². The highest BCUT2D eigenvalue weighted by atomic mass is 16.7. The van der Waals surface area contributed by atoms with Crippen LogP contribution in [0.5, 0.6) is 34.5 Å². The number of nitrogens with one attached hydrogen (secondary N) is 1. The van der Waals surface area contributed by atoms with E-state index in [9.17, 15) is 9.59 Å². The summed E-state index contributed by atoms with van der Waals surface area (Å²) in [6, 6.07) is 27.7. The zero-order valence-electron chi connectivity index (χ0n) is 30.4. The molecule has 55 heavy (non-hydrogen) atoms. The molecule has 4 aromatic carbocycles. The predicted octanol–water partition coefficient (Wildman–Crippen LogP) is 6.23. The summed E-state index contributed by atoms with van der Waals surface area (Å²) in [5.74, 6) is 0.664. The van der Waals surface area contributed by atoms with Gasteiger partial charge in [0.25, 0.3) is 5.91 Å². The van der Waals surface area contributed by atoms with Gasteiger partial charge in [-0.3, -0.25) is 9.59 Å². The molecule has 13 nitrogen and oxygen atoms in total. The third-order valence-electron chi connectivity index (χ3n) is 10.6. The Balaban J connectivity index is 1.16. The fourth-order valence-corrected chi connectivity index (χ4v) is 8.05. The standard InChI is InChI=1S/C42H36N4O9/c1-49-25-12-10-23(11-13-25)31-18-30(43-36-19-29(45-46(31)36)22-8-6-5-7-9-22)41(47)44-39-27-17-33-32(54-21-55-33)16-26(27)37(38-28(39)20-53-42(38)48)24-14-34(50-2)40(52-4)35(15-24)51-3/h5-19,28,37-39H,20-21H2,1-4H3,(H,44,47)/t28-,37+,38-,39+/m0/s1. The van der Waals surface area contributed by atoms with Gasteiger partial charge in [0.15, 0.2) is 28.6 Å². The van der Waals surface area contributed by atoms with Crippen molar-refractivity contribution < 1.29 is 42.7 Å². The SMILES string of the molecule is COc1ccc(-c2cc(C(=O)N[C@@H]3c4cc5c(cc4[C@@H](c4cc(OC)c(OC)c(OC)c4)[C@H]4C(=O)OC[C@@H]43)OCO5)nc3cc(-c4ccccc4)nn23)cc1. The minimum Gasteiger partial charge on any atom is -0.497 e. The summed E-state index contributed by atoms with van der Waals surface area (Å²) in [5.41, 5.74) is 6.04. The van der Waals surface area contributed by atoms with Gasteiger partial charge in [0.05, 0.1) is 58.4 Å². The van der Waals surface area contributed by atoms with E-state index in [1.807, 2.05) is 84.9 Å². The topological polar surface area (TPSA) is 141 Å². The molecule has 1 fully saturated rings. The lowest BCUT2D eigenvalue weighted by molar-refractivity contribution is -0.141. The van der Waals surface area contributed by atoms with Crippen molar-refractivity contribution in [2.75, 3.05) is 41.8 Å². The number of methoxy groups -OCH3 is 4. The third-order valence-corrected chi connectivity index (χ3v) is 10.6. The van der Waals surface area contributed by atoms with Crippen LogP contribution in [0.4, 0.5) is 0 Å². The van der Waals surface area contributed by atoms with Crippen LogP contribution in [0, 0.1) is 11.8 Å². The quantitative estimate of drug-likeness (QED) is 0.169. The van der Waals surface area contributed by atoms with Gasteiger partial charge < -0.3 is 38.5 Å². The Bertz CT molecular complexity index is 2440. The average Bonchev–Trinajstić information content (AvgIpc) is 3.98. The third kappa shape index (κ3) is 5.70. The highest BCUT2D eigenvalue weighted by molar-refractivity contribution is 5.95. The van der Waals surface area contributed by atoms with Crippen LogP contribution < -0.4 is 33.7 Å². The lowest BCUT2D eigenvalue weighted by atomic mass is 9.65. The number of fused-ring (bicyclic) bond motifs is 4. The van der Waals surface area contributed by atoms with Crippen molar-refractivity contribution in [3.63, 3.8) is 0 Å². The van der Waals surface area contributed by atoms with Gasteiger partial charge >= 0.3 is 5.97 Å². The van der Waals surface area contributed by atoms with Crippen molar-refractivity contribution >= 4 is 17.5 Å². The molecule has 1 N–H and O–H groups in total. The Kier molecular flexibility index (Phi) is 8.40. The highest BCUT2D eigenvalue weighted by Gasteiger charge is 2.53. The molecule has 2 aromatic heterocycles. The van der Waals surface area contributed by atoms with E-state index in [0.29, 0.717) is 51.5 Å². The zero-order chi connectivity index (χ0) is 37.8. The van der Waals surface area contributed by atoms with Gasteiger partial charge in [-0.2, -0.15) is 5.10 Å². The van der Waals surface area contributed by atoms with Crippen molar-refractivity contribution in [1.29, 1.82) is 0 Å². The fraction of sp³-hybridized carbons (Fsp3) is 0.238. The number of carbonyl (C=O) groups excluding carboxylic acids is 2. The van der Waals surface area contributed by atoms with Crippen LogP contribution in [-0.4, -0.2) is 68.3 Å². The van der Waals surface area contributed by atoms with Crippen LogP contribution in [0.15, 0.2) is 91.0 Å². The molecule has 2 aliphatic heterocycles. The summed E-state index contributed by atoms with van der Waals surface area (Å²) in [6.45, 7) is 0.142. The molecule has 0 bridgehead atoms. The molecule has 6 aromatic rings. The van der Waals surface area contributed by atoms with Crippen molar-refractivity contribution in [2.24, 2.45) is 11.8 Å². The van der Waals surface area contributed by atoms with E-state index in [0.717, 1.165) is 27.8 Å². The molecule has 13 heteroatoms. The molecule has 4 heterocycles. The van der Waals surface area contributed by atoms with Crippen LogP contribution in [0.3, 0.4) is 0 Å². The molecule has 3 aliphatic rings.